The molecule has 2 aliphatic heterocycles. The summed E-state index contributed by atoms with van der Waals surface area (Å²) in [7, 11) is 0. The Balaban J connectivity index is 1.42. The normalized spacial score (nSPS) is 23.5. The molecule has 0 N–H and O–H groups in total. The summed E-state index contributed by atoms with van der Waals surface area (Å²) >= 11 is 0. The van der Waals surface area contributed by atoms with Crippen LogP contribution in [-0.4, -0.2) is 48.7 Å². The number of hydrogen-bond donors (Lipinski definition) is 0. The molecule has 0 aromatic carbocycles. The van der Waals surface area contributed by atoms with Crippen molar-refractivity contribution in [2.45, 2.75) is 57.8 Å². The van der Waals surface area contributed by atoms with Crippen LogP contribution in [0.5, 0.6) is 5.75 Å². The Morgan fingerprint density at radius 2 is 1.96 bits per heavy atom. The van der Waals surface area contributed by atoms with Crippen molar-refractivity contribution >= 4 is 5.95 Å². The molecule has 1 aromatic heterocycles. The first kappa shape index (κ1) is 16.5. The fourth-order valence-corrected chi connectivity index (χ4v) is 2.97. The Hall–Kier alpha value is -1.40. The van der Waals surface area contributed by atoms with Crippen molar-refractivity contribution < 1.29 is 14.2 Å². The molecule has 0 spiro atoms. The van der Waals surface area contributed by atoms with Gasteiger partial charge >= 0.3 is 0 Å². The van der Waals surface area contributed by atoms with Crippen LogP contribution in [0, 0.1) is 0 Å². The highest BCUT2D eigenvalue weighted by molar-refractivity contribution is 5.31. The molecule has 1 unspecified atom stereocenters. The molecule has 0 radical (unpaired) electrons. The Kier molecular flexibility index (Phi) is 6.05. The fraction of sp³-hybridized carbons (Fsp3) is 0.765. The molecule has 6 nitrogen and oxygen atoms in total. The molecule has 2 aliphatic rings. The number of hydrogen-bond acceptors (Lipinski definition) is 6. The number of ether oxygens (including phenoxy) is 3. The summed E-state index contributed by atoms with van der Waals surface area (Å²) in [6, 6.07) is 0. The lowest BCUT2D eigenvalue weighted by molar-refractivity contribution is -0.189. The lowest BCUT2D eigenvalue weighted by Crippen LogP contribution is -2.31. The molecule has 3 rings (SSSR count). The molecule has 2 saturated heterocycles. The smallest absolute Gasteiger partial charge is 0.225 e. The lowest BCUT2D eigenvalue weighted by Gasteiger charge is -2.27. The van der Waals surface area contributed by atoms with Crippen molar-refractivity contribution in [1.29, 1.82) is 0 Å². The monoisotopic (exact) mass is 321 g/mol. The van der Waals surface area contributed by atoms with Crippen LogP contribution < -0.4 is 9.64 Å². The SMILES string of the molecule is C[C@@H](COc1cnc(N2CCCCC2)nc1)OC1CCCCO1. The van der Waals surface area contributed by atoms with Gasteiger partial charge in [-0.25, -0.2) is 9.97 Å². The molecule has 128 valence electrons. The predicted octanol–water partition coefficient (Wildman–Crippen LogP) is 2.78. The predicted molar refractivity (Wildman–Crippen MR) is 87.7 cm³/mol. The minimum absolute atomic E-state index is 0.0140. The van der Waals surface area contributed by atoms with Gasteiger partial charge in [-0.1, -0.05) is 0 Å². The van der Waals surface area contributed by atoms with Crippen molar-refractivity contribution in [1.82, 2.24) is 9.97 Å². The standard InChI is InChI=1S/C17H27N3O3/c1-14(23-16-7-3-6-10-21-16)13-22-15-11-18-17(19-12-15)20-8-4-2-5-9-20/h11-12,14,16H,2-10,13H2,1H3/t14-,16?/m0/s1. The quantitative estimate of drug-likeness (QED) is 0.803. The number of nitrogens with zero attached hydrogens (tertiary/aromatic N) is 3. The van der Waals surface area contributed by atoms with E-state index in [0.29, 0.717) is 12.4 Å². The van der Waals surface area contributed by atoms with Crippen LogP contribution in [0.25, 0.3) is 0 Å². The molecule has 1 aromatic rings. The zero-order chi connectivity index (χ0) is 15.9. The van der Waals surface area contributed by atoms with Gasteiger partial charge in [-0.15, -0.1) is 0 Å². The Bertz CT molecular complexity index is 457. The molecular formula is C17H27N3O3. The first-order valence-electron chi connectivity index (χ1n) is 8.78. The molecule has 0 bridgehead atoms. The van der Waals surface area contributed by atoms with Crippen LogP contribution >= 0.6 is 0 Å². The molecule has 2 atom stereocenters. The first-order valence-corrected chi connectivity index (χ1v) is 8.78. The van der Waals surface area contributed by atoms with Crippen LogP contribution in [0.2, 0.25) is 0 Å². The summed E-state index contributed by atoms with van der Waals surface area (Å²) < 4.78 is 17.1. The first-order chi connectivity index (χ1) is 11.3. The summed E-state index contributed by atoms with van der Waals surface area (Å²) in [6.07, 6.45) is 10.4. The van der Waals surface area contributed by atoms with Crippen molar-refractivity contribution in [3.05, 3.63) is 12.4 Å². The van der Waals surface area contributed by atoms with Crippen LogP contribution in [-0.2, 0) is 9.47 Å². The van der Waals surface area contributed by atoms with Crippen LogP contribution in [0.3, 0.4) is 0 Å². The van der Waals surface area contributed by atoms with Gasteiger partial charge in [0.25, 0.3) is 0 Å². The minimum Gasteiger partial charge on any atom is -0.488 e. The van der Waals surface area contributed by atoms with Gasteiger partial charge in [-0.05, 0) is 45.4 Å². The van der Waals surface area contributed by atoms with Crippen molar-refractivity contribution in [3.8, 4) is 5.75 Å². The molecule has 0 saturated carbocycles. The topological polar surface area (TPSA) is 56.7 Å². The fourth-order valence-electron chi connectivity index (χ4n) is 2.97. The zero-order valence-electron chi connectivity index (χ0n) is 13.9. The molecule has 6 heteroatoms. The number of rotatable bonds is 6. The maximum absolute atomic E-state index is 5.84. The Morgan fingerprint density at radius 1 is 1.17 bits per heavy atom. The van der Waals surface area contributed by atoms with Gasteiger partial charge in [0, 0.05) is 19.7 Å². The summed E-state index contributed by atoms with van der Waals surface area (Å²) in [5, 5.41) is 0. The van der Waals surface area contributed by atoms with E-state index in [4.69, 9.17) is 14.2 Å². The second-order valence-corrected chi connectivity index (χ2v) is 6.32. The average molecular weight is 321 g/mol. The van der Waals surface area contributed by atoms with Crippen molar-refractivity contribution in [2.24, 2.45) is 0 Å². The summed E-state index contributed by atoms with van der Waals surface area (Å²) in [5.41, 5.74) is 0. The van der Waals surface area contributed by atoms with Gasteiger partial charge in [-0.2, -0.15) is 0 Å². The second kappa shape index (κ2) is 8.45. The molecule has 3 heterocycles. The highest BCUT2D eigenvalue weighted by atomic mass is 16.7. The van der Waals surface area contributed by atoms with Crippen molar-refractivity contribution in [3.63, 3.8) is 0 Å². The largest absolute Gasteiger partial charge is 0.488 e. The van der Waals surface area contributed by atoms with Gasteiger partial charge < -0.3 is 19.1 Å². The summed E-state index contributed by atoms with van der Waals surface area (Å²) in [5.74, 6) is 1.49. The van der Waals surface area contributed by atoms with E-state index < -0.39 is 0 Å². The third kappa shape index (κ3) is 5.04. The third-order valence-electron chi connectivity index (χ3n) is 4.26. The molecular weight excluding hydrogens is 294 g/mol. The van der Waals surface area contributed by atoms with E-state index in [1.807, 2.05) is 6.92 Å². The van der Waals surface area contributed by atoms with Gasteiger partial charge in [-0.3, -0.25) is 0 Å². The number of anilines is 1. The van der Waals surface area contributed by atoms with Gasteiger partial charge in [0.15, 0.2) is 12.0 Å². The summed E-state index contributed by atoms with van der Waals surface area (Å²) in [6.45, 7) is 5.37. The van der Waals surface area contributed by atoms with E-state index in [0.717, 1.165) is 38.5 Å². The molecule has 23 heavy (non-hydrogen) atoms. The maximum atomic E-state index is 5.84. The highest BCUT2D eigenvalue weighted by Gasteiger charge is 2.18. The minimum atomic E-state index is -0.0833. The molecule has 2 fully saturated rings. The van der Waals surface area contributed by atoms with E-state index in [1.54, 1.807) is 12.4 Å². The highest BCUT2D eigenvalue weighted by Crippen LogP contribution is 2.18. The van der Waals surface area contributed by atoms with E-state index in [9.17, 15) is 0 Å². The summed E-state index contributed by atoms with van der Waals surface area (Å²) in [4.78, 5) is 11.1. The number of aromatic nitrogens is 2. The lowest BCUT2D eigenvalue weighted by atomic mass is 10.1. The number of piperidine rings is 1. The van der Waals surface area contributed by atoms with Crippen LogP contribution in [0.4, 0.5) is 5.95 Å². The van der Waals surface area contributed by atoms with Gasteiger partial charge in [0.1, 0.15) is 6.61 Å². The van der Waals surface area contributed by atoms with Crippen molar-refractivity contribution in [2.75, 3.05) is 31.2 Å². The zero-order valence-corrected chi connectivity index (χ0v) is 13.9. The molecule has 0 amide bonds. The molecule has 0 aliphatic carbocycles. The third-order valence-corrected chi connectivity index (χ3v) is 4.26. The maximum Gasteiger partial charge on any atom is 0.225 e. The van der Waals surface area contributed by atoms with E-state index in [-0.39, 0.29) is 12.4 Å². The Morgan fingerprint density at radius 3 is 2.65 bits per heavy atom. The van der Waals surface area contributed by atoms with Gasteiger partial charge in [0.05, 0.1) is 18.5 Å². The van der Waals surface area contributed by atoms with E-state index in [1.165, 1.54) is 25.7 Å². The van der Waals surface area contributed by atoms with Crippen LogP contribution in [0.15, 0.2) is 12.4 Å². The van der Waals surface area contributed by atoms with Gasteiger partial charge in [0.2, 0.25) is 5.95 Å². The van der Waals surface area contributed by atoms with E-state index in [2.05, 4.69) is 14.9 Å². The average Bonchev–Trinajstić information content (AvgIpc) is 2.62. The van der Waals surface area contributed by atoms with Crippen LogP contribution in [0.1, 0.15) is 45.4 Å². The second-order valence-electron chi connectivity index (χ2n) is 6.32. The van der Waals surface area contributed by atoms with E-state index >= 15 is 0 Å². The Labute approximate surface area is 138 Å².